The molecule has 2 aromatic rings. The lowest BCUT2D eigenvalue weighted by molar-refractivity contribution is 0.112. The Balaban J connectivity index is 2.11. The van der Waals surface area contributed by atoms with Crippen molar-refractivity contribution in [3.63, 3.8) is 0 Å². The van der Waals surface area contributed by atoms with Crippen molar-refractivity contribution in [2.45, 2.75) is 46.5 Å². The zero-order chi connectivity index (χ0) is 15.0. The van der Waals surface area contributed by atoms with Gasteiger partial charge >= 0.3 is 0 Å². The second-order valence-corrected chi connectivity index (χ2v) is 6.29. The fourth-order valence-electron chi connectivity index (χ4n) is 3.53. The predicted molar refractivity (Wildman–Crippen MR) is 87.3 cm³/mol. The number of hydrogen-bond donors (Lipinski definition) is 0. The summed E-state index contributed by atoms with van der Waals surface area (Å²) in [5, 5.41) is 0. The quantitative estimate of drug-likeness (QED) is 0.710. The smallest absolute Gasteiger partial charge is 0.150 e. The van der Waals surface area contributed by atoms with Gasteiger partial charge in [-0.2, -0.15) is 0 Å². The van der Waals surface area contributed by atoms with Gasteiger partial charge in [-0.05, 0) is 92.0 Å². The van der Waals surface area contributed by atoms with Crippen LogP contribution >= 0.6 is 0 Å². The standard InChI is InChI=1S/C20H22O/c1-13-8-17-4-6-19-10-16(12-21)11-20(15(19)3)7-5-18(9-13)14(17)2/h8-12H,4-7H2,1-3H3. The van der Waals surface area contributed by atoms with Crippen LogP contribution in [0.15, 0.2) is 24.3 Å². The second kappa shape index (κ2) is 5.48. The van der Waals surface area contributed by atoms with E-state index in [1.54, 1.807) is 0 Å². The van der Waals surface area contributed by atoms with E-state index in [9.17, 15) is 4.79 Å². The average Bonchev–Trinajstić information content (AvgIpc) is 2.47. The van der Waals surface area contributed by atoms with E-state index >= 15 is 0 Å². The molecule has 2 aromatic carbocycles. The fourth-order valence-corrected chi connectivity index (χ4v) is 3.53. The van der Waals surface area contributed by atoms with Crippen molar-refractivity contribution >= 4 is 6.29 Å². The summed E-state index contributed by atoms with van der Waals surface area (Å²) in [7, 11) is 0. The van der Waals surface area contributed by atoms with Gasteiger partial charge in [0.25, 0.3) is 0 Å². The summed E-state index contributed by atoms with van der Waals surface area (Å²) < 4.78 is 0. The van der Waals surface area contributed by atoms with Gasteiger partial charge in [0.2, 0.25) is 0 Å². The summed E-state index contributed by atoms with van der Waals surface area (Å²) in [5.41, 5.74) is 10.6. The van der Waals surface area contributed by atoms with Crippen molar-refractivity contribution in [3.8, 4) is 0 Å². The van der Waals surface area contributed by atoms with Crippen molar-refractivity contribution < 1.29 is 4.79 Å². The number of benzene rings is 2. The highest BCUT2D eigenvalue weighted by Gasteiger charge is 2.13. The van der Waals surface area contributed by atoms with Crippen LogP contribution < -0.4 is 0 Å². The van der Waals surface area contributed by atoms with Gasteiger partial charge in [0.1, 0.15) is 6.29 Å². The number of carbonyl (C=O) groups excluding carboxylic acids is 1. The Morgan fingerprint density at radius 1 is 0.714 bits per heavy atom. The molecule has 1 nitrogen and oxygen atoms in total. The molecule has 0 heterocycles. The highest BCUT2D eigenvalue weighted by atomic mass is 16.1. The van der Waals surface area contributed by atoms with E-state index in [1.807, 2.05) is 0 Å². The lowest BCUT2D eigenvalue weighted by Gasteiger charge is -2.19. The van der Waals surface area contributed by atoms with Gasteiger partial charge in [0.15, 0.2) is 0 Å². The third kappa shape index (κ3) is 2.65. The number of rotatable bonds is 1. The fraction of sp³-hybridized carbons (Fsp3) is 0.350. The summed E-state index contributed by atoms with van der Waals surface area (Å²) >= 11 is 0. The van der Waals surface area contributed by atoms with E-state index in [4.69, 9.17) is 0 Å². The molecule has 0 aliphatic heterocycles. The first-order valence-electron chi connectivity index (χ1n) is 7.75. The molecule has 1 heteroatoms. The van der Waals surface area contributed by atoms with Crippen molar-refractivity contribution in [2.24, 2.45) is 0 Å². The number of aryl methyl sites for hydroxylation is 5. The first-order valence-corrected chi connectivity index (χ1v) is 7.75. The van der Waals surface area contributed by atoms with Crippen LogP contribution in [0.3, 0.4) is 0 Å². The summed E-state index contributed by atoms with van der Waals surface area (Å²) in [6, 6.07) is 8.78. The summed E-state index contributed by atoms with van der Waals surface area (Å²) in [6.07, 6.45) is 5.13. The molecule has 0 unspecified atom stereocenters. The number of fused-ring (bicyclic) bond motifs is 4. The first-order chi connectivity index (χ1) is 10.1. The summed E-state index contributed by atoms with van der Waals surface area (Å²) in [5.74, 6) is 0. The Hall–Kier alpha value is -1.89. The van der Waals surface area contributed by atoms with Gasteiger partial charge in [0, 0.05) is 5.56 Å². The van der Waals surface area contributed by atoms with Crippen LogP contribution in [-0.4, -0.2) is 6.29 Å². The maximum atomic E-state index is 11.2. The van der Waals surface area contributed by atoms with Crippen molar-refractivity contribution in [1.82, 2.24) is 0 Å². The number of carbonyl (C=O) groups is 1. The maximum Gasteiger partial charge on any atom is 0.150 e. The molecule has 0 spiro atoms. The topological polar surface area (TPSA) is 17.1 Å². The third-order valence-electron chi connectivity index (χ3n) is 4.88. The SMILES string of the molecule is Cc1cc2c(C)c(c1)CCc1cc(C=O)cc(c1C)CC2. The number of aldehydes is 1. The molecule has 0 aromatic heterocycles. The van der Waals surface area contributed by atoms with Crippen molar-refractivity contribution in [1.29, 1.82) is 0 Å². The van der Waals surface area contributed by atoms with Crippen LogP contribution in [0.4, 0.5) is 0 Å². The minimum Gasteiger partial charge on any atom is -0.298 e. The Bertz CT molecular complexity index is 660. The number of hydrogen-bond acceptors (Lipinski definition) is 1. The molecule has 0 N–H and O–H groups in total. The molecule has 0 atom stereocenters. The van der Waals surface area contributed by atoms with Gasteiger partial charge in [-0.25, -0.2) is 0 Å². The lowest BCUT2D eigenvalue weighted by atomic mass is 9.86. The molecule has 21 heavy (non-hydrogen) atoms. The molecule has 0 amide bonds. The minimum atomic E-state index is 0.822. The minimum absolute atomic E-state index is 0.822. The van der Waals surface area contributed by atoms with Crippen LogP contribution in [0.2, 0.25) is 0 Å². The molecule has 0 saturated heterocycles. The molecule has 1 aliphatic carbocycles. The summed E-state index contributed by atoms with van der Waals surface area (Å²) in [4.78, 5) is 11.2. The monoisotopic (exact) mass is 278 g/mol. The molecule has 0 fully saturated rings. The lowest BCUT2D eigenvalue weighted by Crippen LogP contribution is -2.07. The summed E-state index contributed by atoms with van der Waals surface area (Å²) in [6.45, 7) is 6.64. The molecule has 0 radical (unpaired) electrons. The van der Waals surface area contributed by atoms with E-state index in [0.29, 0.717) is 0 Å². The molecule has 3 rings (SSSR count). The normalized spacial score (nSPS) is 13.9. The second-order valence-electron chi connectivity index (χ2n) is 6.29. The first kappa shape index (κ1) is 14.1. The maximum absolute atomic E-state index is 11.2. The van der Waals surface area contributed by atoms with Crippen molar-refractivity contribution in [3.05, 3.63) is 68.8 Å². The van der Waals surface area contributed by atoms with Crippen LogP contribution in [0.1, 0.15) is 49.3 Å². The predicted octanol–water partition coefficient (Wildman–Crippen LogP) is 4.31. The van der Waals surface area contributed by atoms with E-state index in [-0.39, 0.29) is 0 Å². The zero-order valence-electron chi connectivity index (χ0n) is 13.1. The third-order valence-corrected chi connectivity index (χ3v) is 4.88. The van der Waals surface area contributed by atoms with E-state index in [2.05, 4.69) is 45.0 Å². The van der Waals surface area contributed by atoms with Crippen LogP contribution in [0.5, 0.6) is 0 Å². The molecule has 108 valence electrons. The van der Waals surface area contributed by atoms with Gasteiger partial charge in [0.05, 0.1) is 0 Å². The van der Waals surface area contributed by atoms with E-state index < -0.39 is 0 Å². The molecule has 0 saturated carbocycles. The highest BCUT2D eigenvalue weighted by Crippen LogP contribution is 2.26. The van der Waals surface area contributed by atoms with Gasteiger partial charge in [-0.3, -0.25) is 4.79 Å². The largest absolute Gasteiger partial charge is 0.298 e. The Morgan fingerprint density at radius 3 is 1.48 bits per heavy atom. The Labute approximate surface area is 127 Å². The average molecular weight is 278 g/mol. The van der Waals surface area contributed by atoms with E-state index in [1.165, 1.54) is 38.9 Å². The highest BCUT2D eigenvalue weighted by molar-refractivity contribution is 5.76. The van der Waals surface area contributed by atoms with Crippen molar-refractivity contribution in [2.75, 3.05) is 0 Å². The zero-order valence-corrected chi connectivity index (χ0v) is 13.1. The van der Waals surface area contributed by atoms with Crippen LogP contribution in [0, 0.1) is 20.8 Å². The molecular formula is C20H22O. The van der Waals surface area contributed by atoms with Gasteiger partial charge in [-0.1, -0.05) is 17.7 Å². The molecule has 1 aliphatic rings. The van der Waals surface area contributed by atoms with E-state index in [0.717, 1.165) is 37.5 Å². The molecular weight excluding hydrogens is 256 g/mol. The molecule has 4 bridgehead atoms. The van der Waals surface area contributed by atoms with Gasteiger partial charge in [-0.15, -0.1) is 0 Å². The van der Waals surface area contributed by atoms with Crippen LogP contribution in [-0.2, 0) is 25.7 Å². The van der Waals surface area contributed by atoms with Gasteiger partial charge < -0.3 is 0 Å². The Kier molecular flexibility index (Phi) is 3.67. The van der Waals surface area contributed by atoms with Crippen LogP contribution in [0.25, 0.3) is 0 Å². The Morgan fingerprint density at radius 2 is 1.10 bits per heavy atom.